The molecule has 3 heterocycles. The van der Waals surface area contributed by atoms with Crippen molar-refractivity contribution in [2.24, 2.45) is 17.8 Å². The van der Waals surface area contributed by atoms with Crippen LogP contribution in [0.15, 0.2) is 36.4 Å². The van der Waals surface area contributed by atoms with Crippen LogP contribution in [0.3, 0.4) is 0 Å². The summed E-state index contributed by atoms with van der Waals surface area (Å²) in [5.41, 5.74) is 2.31. The third kappa shape index (κ3) is 11.2. The van der Waals surface area contributed by atoms with Crippen molar-refractivity contribution in [1.29, 1.82) is 0 Å². The van der Waals surface area contributed by atoms with Gasteiger partial charge in [-0.15, -0.1) is 0 Å². The minimum absolute atomic E-state index is 0.189. The second-order valence-electron chi connectivity index (χ2n) is 15.3. The van der Waals surface area contributed by atoms with E-state index in [1.54, 1.807) is 12.1 Å². The lowest BCUT2D eigenvalue weighted by molar-refractivity contribution is 0.0154. The maximum atomic E-state index is 12.7. The normalized spacial score (nSPS) is 18.4. The van der Waals surface area contributed by atoms with E-state index in [1.165, 1.54) is 0 Å². The number of nitrogens with zero attached hydrogens (tertiary/aromatic N) is 3. The van der Waals surface area contributed by atoms with Crippen LogP contribution in [0, 0.1) is 17.8 Å². The molecule has 2 fully saturated rings. The Morgan fingerprint density at radius 3 is 2.30 bits per heavy atom. The lowest BCUT2D eigenvalue weighted by Crippen LogP contribution is -2.43. The first kappa shape index (κ1) is 37.6. The van der Waals surface area contributed by atoms with Crippen molar-refractivity contribution in [3.05, 3.63) is 52.8 Å². The summed E-state index contributed by atoms with van der Waals surface area (Å²) in [6.45, 7) is 14.0. The number of likely N-dealkylation sites (tertiary alicyclic amines) is 2. The standard InChI is InChI=1S/C39H55ClN4O6/c1-27(2)25-49-37(45)43-20-7-10-28(23-43)9-6-12-30-13-18-33-35(42-34(41-33)26-48-32-16-14-31(40)15-17-32)36(30)47-22-19-29-11-8-21-44(24-29)38(46)50-39(3,4)5/h13-18,27-29H,6-12,19-26H2,1-5H3,(H,41,42). The van der Waals surface area contributed by atoms with Gasteiger partial charge in [-0.1, -0.05) is 31.5 Å². The van der Waals surface area contributed by atoms with Crippen LogP contribution in [0.25, 0.3) is 11.0 Å². The number of imidazole rings is 1. The average molecular weight is 711 g/mol. The van der Waals surface area contributed by atoms with E-state index in [1.807, 2.05) is 42.7 Å². The number of fused-ring (bicyclic) bond motifs is 1. The molecule has 0 aliphatic carbocycles. The van der Waals surface area contributed by atoms with E-state index < -0.39 is 5.60 Å². The molecule has 2 aliphatic rings. The Morgan fingerprint density at radius 2 is 1.62 bits per heavy atom. The first-order valence-corrected chi connectivity index (χ1v) is 18.7. The summed E-state index contributed by atoms with van der Waals surface area (Å²) in [4.78, 5) is 37.4. The van der Waals surface area contributed by atoms with E-state index in [9.17, 15) is 9.59 Å². The fraction of sp³-hybridized carbons (Fsp3) is 0.615. The van der Waals surface area contributed by atoms with Gasteiger partial charge in [0.15, 0.2) is 0 Å². The third-order valence-electron chi connectivity index (χ3n) is 9.25. The highest BCUT2D eigenvalue weighted by atomic mass is 35.5. The Balaban J connectivity index is 1.23. The smallest absolute Gasteiger partial charge is 0.410 e. The highest BCUT2D eigenvalue weighted by molar-refractivity contribution is 6.30. The summed E-state index contributed by atoms with van der Waals surface area (Å²) in [6, 6.07) is 11.5. The monoisotopic (exact) mass is 710 g/mol. The highest BCUT2D eigenvalue weighted by Crippen LogP contribution is 2.32. The molecule has 2 saturated heterocycles. The fourth-order valence-corrected chi connectivity index (χ4v) is 6.88. The number of aromatic amines is 1. The number of aromatic nitrogens is 2. The molecule has 2 aliphatic heterocycles. The summed E-state index contributed by atoms with van der Waals surface area (Å²) in [5, 5.41) is 0.658. The van der Waals surface area contributed by atoms with Crippen molar-refractivity contribution >= 4 is 34.8 Å². The minimum atomic E-state index is -0.514. The van der Waals surface area contributed by atoms with Gasteiger partial charge in [0, 0.05) is 31.2 Å². The predicted octanol–water partition coefficient (Wildman–Crippen LogP) is 9.04. The van der Waals surface area contributed by atoms with Gasteiger partial charge in [0.05, 0.1) is 18.7 Å². The number of halogens is 1. The van der Waals surface area contributed by atoms with E-state index >= 15 is 0 Å². The Hall–Kier alpha value is -3.66. The zero-order chi connectivity index (χ0) is 35.7. The summed E-state index contributed by atoms with van der Waals surface area (Å²) in [5.74, 6) is 3.34. The van der Waals surface area contributed by atoms with Gasteiger partial charge in [0.2, 0.25) is 0 Å². The molecule has 2 atom stereocenters. The molecule has 3 aromatic rings. The SMILES string of the molecule is CC(C)COC(=O)N1CCCC(CCCc2ccc3[nH]c(COc4ccc(Cl)cc4)nc3c2OCCC2CCCN(C(=O)OC(C)(C)C)C2)C1. The van der Waals surface area contributed by atoms with Crippen molar-refractivity contribution in [3.8, 4) is 11.5 Å². The number of piperidine rings is 2. The number of aryl methyl sites for hydroxylation is 1. The molecule has 5 rings (SSSR count). The second-order valence-corrected chi connectivity index (χ2v) is 15.7. The molecule has 0 radical (unpaired) electrons. The molecule has 2 unspecified atom stereocenters. The molecule has 2 aromatic carbocycles. The van der Waals surface area contributed by atoms with Gasteiger partial charge < -0.3 is 33.7 Å². The van der Waals surface area contributed by atoms with Gasteiger partial charge in [-0.3, -0.25) is 0 Å². The summed E-state index contributed by atoms with van der Waals surface area (Å²) in [6.07, 6.45) is 7.37. The number of nitrogens with one attached hydrogen (secondary N) is 1. The lowest BCUT2D eigenvalue weighted by atomic mass is 9.92. The molecule has 0 spiro atoms. The minimum Gasteiger partial charge on any atom is -0.491 e. The maximum absolute atomic E-state index is 12.7. The highest BCUT2D eigenvalue weighted by Gasteiger charge is 2.28. The average Bonchev–Trinajstić information content (AvgIpc) is 3.50. The third-order valence-corrected chi connectivity index (χ3v) is 9.50. The Kier molecular flexibility index (Phi) is 13.2. The first-order chi connectivity index (χ1) is 23.9. The van der Waals surface area contributed by atoms with Crippen molar-refractivity contribution in [1.82, 2.24) is 19.8 Å². The zero-order valence-corrected chi connectivity index (χ0v) is 31.2. The number of benzene rings is 2. The van der Waals surface area contributed by atoms with Gasteiger partial charge in [-0.25, -0.2) is 14.6 Å². The number of hydrogen-bond donors (Lipinski definition) is 1. The van der Waals surface area contributed by atoms with Gasteiger partial charge in [0.1, 0.15) is 35.0 Å². The Bertz CT molecular complexity index is 1550. The van der Waals surface area contributed by atoms with Crippen LogP contribution < -0.4 is 9.47 Å². The van der Waals surface area contributed by atoms with E-state index in [-0.39, 0.29) is 18.8 Å². The van der Waals surface area contributed by atoms with Crippen molar-refractivity contribution in [3.63, 3.8) is 0 Å². The first-order valence-electron chi connectivity index (χ1n) is 18.3. The number of carbonyl (C=O) groups is 2. The van der Waals surface area contributed by atoms with Crippen LogP contribution in [0.4, 0.5) is 9.59 Å². The molecule has 2 amide bonds. The van der Waals surface area contributed by atoms with E-state index in [0.29, 0.717) is 48.4 Å². The summed E-state index contributed by atoms with van der Waals surface area (Å²) in [7, 11) is 0. The summed E-state index contributed by atoms with van der Waals surface area (Å²) >= 11 is 6.04. The lowest BCUT2D eigenvalue weighted by Gasteiger charge is -2.34. The van der Waals surface area contributed by atoms with Crippen LogP contribution in [-0.2, 0) is 22.5 Å². The Labute approximate surface area is 302 Å². The molecule has 274 valence electrons. The van der Waals surface area contributed by atoms with Crippen LogP contribution in [0.5, 0.6) is 11.5 Å². The van der Waals surface area contributed by atoms with Gasteiger partial charge in [-0.2, -0.15) is 0 Å². The van der Waals surface area contributed by atoms with Gasteiger partial charge in [0.25, 0.3) is 0 Å². The van der Waals surface area contributed by atoms with Crippen LogP contribution in [0.1, 0.15) is 91.0 Å². The molecule has 11 heteroatoms. The van der Waals surface area contributed by atoms with Crippen LogP contribution in [0.2, 0.25) is 5.02 Å². The molecule has 10 nitrogen and oxygen atoms in total. The molecule has 0 saturated carbocycles. The van der Waals surface area contributed by atoms with E-state index in [0.717, 1.165) is 99.1 Å². The second kappa shape index (κ2) is 17.5. The zero-order valence-electron chi connectivity index (χ0n) is 30.5. The molecular formula is C39H55ClN4O6. The quantitative estimate of drug-likeness (QED) is 0.189. The number of amides is 2. The Morgan fingerprint density at radius 1 is 0.940 bits per heavy atom. The van der Waals surface area contributed by atoms with Crippen molar-refractivity contribution in [2.45, 2.75) is 98.2 Å². The molecule has 0 bridgehead atoms. The number of hydrogen-bond acceptors (Lipinski definition) is 7. The molecule has 1 aromatic heterocycles. The van der Waals surface area contributed by atoms with Crippen molar-refractivity contribution < 1.29 is 28.5 Å². The van der Waals surface area contributed by atoms with E-state index in [4.69, 9.17) is 35.5 Å². The van der Waals surface area contributed by atoms with Crippen LogP contribution >= 0.6 is 11.6 Å². The molecule has 50 heavy (non-hydrogen) atoms. The number of H-pyrrole nitrogens is 1. The van der Waals surface area contributed by atoms with Crippen LogP contribution in [-0.4, -0.2) is 76.9 Å². The molecular weight excluding hydrogens is 656 g/mol. The topological polar surface area (TPSA) is 106 Å². The van der Waals surface area contributed by atoms with Gasteiger partial charge in [-0.05, 0) is 126 Å². The van der Waals surface area contributed by atoms with Crippen molar-refractivity contribution in [2.75, 3.05) is 39.4 Å². The molecule has 1 N–H and O–H groups in total. The summed E-state index contributed by atoms with van der Waals surface area (Å²) < 4.78 is 23.7. The predicted molar refractivity (Wildman–Crippen MR) is 196 cm³/mol. The fourth-order valence-electron chi connectivity index (χ4n) is 6.75. The number of ether oxygens (including phenoxy) is 4. The number of rotatable bonds is 13. The maximum Gasteiger partial charge on any atom is 0.410 e. The van der Waals surface area contributed by atoms with Gasteiger partial charge >= 0.3 is 12.2 Å². The van der Waals surface area contributed by atoms with E-state index in [2.05, 4.69) is 31.0 Å². The largest absolute Gasteiger partial charge is 0.491 e. The number of carbonyl (C=O) groups excluding carboxylic acids is 2.